The SMILES string of the molecule is C[C@H]1[C@@H](OCc2ccc(CO)cc2)O[C@@H]2O[C@@]3(C)CC[C@H]4[C@H](C)CC[C@@H]1[C@@]24OO3. The van der Waals surface area contributed by atoms with E-state index in [9.17, 15) is 5.11 Å². The highest BCUT2D eigenvalue weighted by Gasteiger charge is 2.69. The van der Waals surface area contributed by atoms with Crippen LogP contribution in [0.15, 0.2) is 24.3 Å². The topological polar surface area (TPSA) is 66.4 Å². The second-order valence-corrected chi connectivity index (χ2v) is 9.56. The highest BCUT2D eigenvalue weighted by molar-refractivity contribution is 5.21. The molecule has 4 aliphatic heterocycles. The third kappa shape index (κ3) is 3.16. The minimum Gasteiger partial charge on any atom is -0.392 e. The molecule has 1 aromatic rings. The molecule has 1 aliphatic carbocycles. The Morgan fingerprint density at radius 3 is 2.55 bits per heavy atom. The molecule has 5 fully saturated rings. The summed E-state index contributed by atoms with van der Waals surface area (Å²) in [6.07, 6.45) is 3.27. The molecule has 0 unspecified atom stereocenters. The summed E-state index contributed by atoms with van der Waals surface area (Å²) in [4.78, 5) is 12.0. The van der Waals surface area contributed by atoms with Crippen molar-refractivity contribution in [3.63, 3.8) is 0 Å². The molecular formula is C23H32O6. The Kier molecular flexibility index (Phi) is 5.01. The molecule has 6 nitrogen and oxygen atoms in total. The van der Waals surface area contributed by atoms with Crippen LogP contribution in [0.25, 0.3) is 0 Å². The quantitative estimate of drug-likeness (QED) is 0.768. The highest BCUT2D eigenvalue weighted by atomic mass is 17.3. The van der Waals surface area contributed by atoms with Gasteiger partial charge in [-0.15, -0.1) is 0 Å². The minimum atomic E-state index is -0.761. The lowest BCUT2D eigenvalue weighted by Crippen LogP contribution is -2.70. The normalized spacial score (nSPS) is 46.2. The number of benzene rings is 1. The lowest BCUT2D eigenvalue weighted by Gasteiger charge is -2.60. The summed E-state index contributed by atoms with van der Waals surface area (Å²) < 4.78 is 19.0. The van der Waals surface area contributed by atoms with E-state index in [-0.39, 0.29) is 24.7 Å². The zero-order chi connectivity index (χ0) is 20.2. The van der Waals surface area contributed by atoms with Gasteiger partial charge >= 0.3 is 0 Å². The van der Waals surface area contributed by atoms with Crippen molar-refractivity contribution in [2.45, 2.75) is 83.6 Å². The van der Waals surface area contributed by atoms with Gasteiger partial charge in [0.2, 0.25) is 5.79 Å². The van der Waals surface area contributed by atoms with Crippen molar-refractivity contribution in [3.05, 3.63) is 35.4 Å². The first-order valence-corrected chi connectivity index (χ1v) is 11.0. The van der Waals surface area contributed by atoms with E-state index in [1.54, 1.807) is 0 Å². The average Bonchev–Trinajstić information content (AvgIpc) is 2.96. The number of ether oxygens (including phenoxy) is 3. The Balaban J connectivity index is 1.38. The van der Waals surface area contributed by atoms with Crippen LogP contribution >= 0.6 is 0 Å². The van der Waals surface area contributed by atoms with Gasteiger partial charge in [0.15, 0.2) is 18.2 Å². The van der Waals surface area contributed by atoms with Crippen LogP contribution in [0.1, 0.15) is 57.6 Å². The lowest BCUT2D eigenvalue weighted by atomic mass is 9.58. The van der Waals surface area contributed by atoms with E-state index in [0.717, 1.165) is 30.4 Å². The van der Waals surface area contributed by atoms with Crippen LogP contribution < -0.4 is 0 Å². The molecule has 6 heteroatoms. The standard InChI is InChI=1S/C23H32O6/c1-14-4-9-19-15(2)20(25-13-17-7-5-16(12-24)6-8-17)26-21-23(19)18(14)10-11-22(3,27-21)28-29-23/h5-8,14-15,18-21,24H,4,9-13H2,1-3H3/t14-,15-,18+,19+,20+,21-,22-,23-/m1/s1. The molecule has 1 spiro atoms. The molecule has 2 bridgehead atoms. The van der Waals surface area contributed by atoms with Gasteiger partial charge in [-0.2, -0.15) is 0 Å². The van der Waals surface area contributed by atoms with Gasteiger partial charge in [-0.3, -0.25) is 0 Å². The Bertz CT molecular complexity index is 737. The molecule has 0 radical (unpaired) electrons. The number of hydrogen-bond acceptors (Lipinski definition) is 6. The smallest absolute Gasteiger partial charge is 0.201 e. The maximum Gasteiger partial charge on any atom is 0.201 e. The van der Waals surface area contributed by atoms with Crippen LogP contribution in [-0.4, -0.2) is 29.1 Å². The van der Waals surface area contributed by atoms with Crippen LogP contribution in [0.2, 0.25) is 0 Å². The predicted octanol–water partition coefficient (Wildman–Crippen LogP) is 3.90. The molecule has 1 aromatic carbocycles. The fourth-order valence-corrected chi connectivity index (χ4v) is 5.98. The summed E-state index contributed by atoms with van der Waals surface area (Å²) in [6.45, 7) is 6.97. The summed E-state index contributed by atoms with van der Waals surface area (Å²) in [5.74, 6) is 0.604. The van der Waals surface area contributed by atoms with Crippen molar-refractivity contribution in [2.75, 3.05) is 0 Å². The molecule has 0 aromatic heterocycles. The first-order chi connectivity index (χ1) is 13.9. The fraction of sp³-hybridized carbons (Fsp3) is 0.739. The average molecular weight is 405 g/mol. The molecule has 160 valence electrons. The van der Waals surface area contributed by atoms with Gasteiger partial charge in [0, 0.05) is 18.3 Å². The van der Waals surface area contributed by atoms with Gasteiger partial charge in [-0.05, 0) is 49.1 Å². The molecule has 1 saturated carbocycles. The van der Waals surface area contributed by atoms with Crippen LogP contribution in [0.5, 0.6) is 0 Å². The van der Waals surface area contributed by atoms with Crippen LogP contribution in [0.4, 0.5) is 0 Å². The van der Waals surface area contributed by atoms with E-state index in [4.69, 9.17) is 24.0 Å². The molecule has 1 N–H and O–H groups in total. The Morgan fingerprint density at radius 1 is 1.03 bits per heavy atom. The Morgan fingerprint density at radius 2 is 1.79 bits per heavy atom. The Labute approximate surface area is 172 Å². The van der Waals surface area contributed by atoms with Crippen LogP contribution in [-0.2, 0) is 37.2 Å². The van der Waals surface area contributed by atoms with Gasteiger partial charge in [-0.25, -0.2) is 9.78 Å². The summed E-state index contributed by atoms with van der Waals surface area (Å²) >= 11 is 0. The summed E-state index contributed by atoms with van der Waals surface area (Å²) in [5, 5.41) is 9.22. The second-order valence-electron chi connectivity index (χ2n) is 9.56. The van der Waals surface area contributed by atoms with Gasteiger partial charge in [0.25, 0.3) is 0 Å². The number of hydrogen-bond donors (Lipinski definition) is 1. The first-order valence-electron chi connectivity index (χ1n) is 11.0. The van der Waals surface area contributed by atoms with E-state index < -0.39 is 17.7 Å². The van der Waals surface area contributed by atoms with E-state index in [2.05, 4.69) is 13.8 Å². The minimum absolute atomic E-state index is 0.0487. The number of rotatable bonds is 4. The van der Waals surface area contributed by atoms with Crippen molar-refractivity contribution >= 4 is 0 Å². The third-order valence-corrected chi connectivity index (χ3v) is 7.72. The zero-order valence-electron chi connectivity index (χ0n) is 17.5. The van der Waals surface area contributed by atoms with Crippen LogP contribution in [0, 0.1) is 23.7 Å². The molecule has 5 aliphatic rings. The van der Waals surface area contributed by atoms with Crippen molar-refractivity contribution in [2.24, 2.45) is 23.7 Å². The van der Waals surface area contributed by atoms with E-state index in [1.807, 2.05) is 31.2 Å². The van der Waals surface area contributed by atoms with Crippen molar-refractivity contribution < 1.29 is 29.1 Å². The zero-order valence-corrected chi connectivity index (χ0v) is 17.5. The molecule has 4 heterocycles. The van der Waals surface area contributed by atoms with Gasteiger partial charge in [-0.1, -0.05) is 38.1 Å². The number of aliphatic hydroxyl groups is 1. The highest BCUT2D eigenvalue weighted by Crippen LogP contribution is 2.60. The summed E-state index contributed by atoms with van der Waals surface area (Å²) in [6, 6.07) is 7.82. The fourth-order valence-electron chi connectivity index (χ4n) is 5.98. The molecule has 8 atom stereocenters. The first kappa shape index (κ1) is 19.9. The van der Waals surface area contributed by atoms with Crippen molar-refractivity contribution in [1.82, 2.24) is 0 Å². The van der Waals surface area contributed by atoms with Gasteiger partial charge < -0.3 is 19.3 Å². The summed E-state index contributed by atoms with van der Waals surface area (Å²) in [7, 11) is 0. The third-order valence-electron chi connectivity index (χ3n) is 7.72. The second kappa shape index (κ2) is 7.29. The lowest BCUT2D eigenvalue weighted by molar-refractivity contribution is -0.577. The van der Waals surface area contributed by atoms with E-state index in [1.165, 1.54) is 6.42 Å². The number of aliphatic hydroxyl groups excluding tert-OH is 1. The largest absolute Gasteiger partial charge is 0.392 e. The van der Waals surface area contributed by atoms with Crippen molar-refractivity contribution in [3.8, 4) is 0 Å². The monoisotopic (exact) mass is 404 g/mol. The molecule has 4 saturated heterocycles. The molecule has 29 heavy (non-hydrogen) atoms. The van der Waals surface area contributed by atoms with Gasteiger partial charge in [0.05, 0.1) is 13.2 Å². The molecular weight excluding hydrogens is 372 g/mol. The summed E-state index contributed by atoms with van der Waals surface area (Å²) in [5.41, 5.74) is 1.41. The van der Waals surface area contributed by atoms with Crippen LogP contribution in [0.3, 0.4) is 0 Å². The Hall–Kier alpha value is -1.02. The van der Waals surface area contributed by atoms with E-state index >= 15 is 0 Å². The van der Waals surface area contributed by atoms with Crippen molar-refractivity contribution in [1.29, 1.82) is 0 Å². The van der Waals surface area contributed by atoms with Gasteiger partial charge in [0.1, 0.15) is 0 Å². The predicted molar refractivity (Wildman–Crippen MR) is 104 cm³/mol. The van der Waals surface area contributed by atoms with E-state index in [0.29, 0.717) is 18.4 Å². The maximum absolute atomic E-state index is 9.22. The number of fused-ring (bicyclic) bond motifs is 2. The molecule has 0 amide bonds. The molecule has 6 rings (SSSR count). The maximum atomic E-state index is 9.22.